The van der Waals surface area contributed by atoms with Gasteiger partial charge >= 0.3 is 5.97 Å². The van der Waals surface area contributed by atoms with E-state index in [1.54, 1.807) is 36.4 Å². The van der Waals surface area contributed by atoms with Gasteiger partial charge in [-0.05, 0) is 41.2 Å². The van der Waals surface area contributed by atoms with E-state index in [1.807, 2.05) is 0 Å². The van der Waals surface area contributed by atoms with Gasteiger partial charge in [0.1, 0.15) is 11.9 Å². The highest BCUT2D eigenvalue weighted by Gasteiger charge is 2.57. The Balaban J connectivity index is 2.25. The van der Waals surface area contributed by atoms with Crippen LogP contribution in [0.3, 0.4) is 0 Å². The number of nitrogens with two attached hydrogens (primary N) is 1. The fraction of sp³-hybridized carbons (Fsp3) is 0.409. The Morgan fingerprint density at radius 1 is 1.21 bits per heavy atom. The van der Waals surface area contributed by atoms with Crippen LogP contribution in [-0.2, 0) is 10.3 Å². The number of rotatable bonds is 4. The summed E-state index contributed by atoms with van der Waals surface area (Å²) in [5.41, 5.74) is 6.58. The molecule has 0 bridgehead atoms. The molecule has 1 heterocycles. The number of benzene rings is 2. The van der Waals surface area contributed by atoms with Crippen molar-refractivity contribution in [3.63, 3.8) is 0 Å². The van der Waals surface area contributed by atoms with Gasteiger partial charge in [-0.15, -0.1) is 0 Å². The maximum Gasteiger partial charge on any atom is 0.321 e. The summed E-state index contributed by atoms with van der Waals surface area (Å²) < 4.78 is 15.0. The quantitative estimate of drug-likeness (QED) is 0.632. The minimum atomic E-state index is -1.19. The van der Waals surface area contributed by atoms with Gasteiger partial charge in [0.15, 0.2) is 0 Å². The van der Waals surface area contributed by atoms with E-state index in [4.69, 9.17) is 28.9 Å². The van der Waals surface area contributed by atoms with Crippen molar-refractivity contribution >= 4 is 29.2 Å². The SMILES string of the molecule is CC(C)(C)CC1NC(C(=O)O)C(c2cccc(Cl)c2F)C1(N)c1ccc(Cl)cc1. The Bertz CT molecular complexity index is 914. The summed E-state index contributed by atoms with van der Waals surface area (Å²) in [6.45, 7) is 6.17. The number of aliphatic carboxylic acids is 1. The Kier molecular flexibility index (Phi) is 5.98. The van der Waals surface area contributed by atoms with E-state index in [9.17, 15) is 9.90 Å². The van der Waals surface area contributed by atoms with Crippen molar-refractivity contribution in [3.8, 4) is 0 Å². The molecule has 1 fully saturated rings. The molecule has 4 unspecified atom stereocenters. The lowest BCUT2D eigenvalue weighted by atomic mass is 9.68. The van der Waals surface area contributed by atoms with E-state index in [-0.39, 0.29) is 16.0 Å². The minimum Gasteiger partial charge on any atom is -0.480 e. The molecule has 0 amide bonds. The molecule has 3 rings (SSSR count). The van der Waals surface area contributed by atoms with Crippen LogP contribution in [0.4, 0.5) is 4.39 Å². The monoisotopic (exact) mass is 438 g/mol. The van der Waals surface area contributed by atoms with Crippen LogP contribution >= 0.6 is 23.2 Å². The first kappa shape index (κ1) is 22.0. The second-order valence-corrected chi connectivity index (χ2v) is 9.70. The van der Waals surface area contributed by atoms with Crippen molar-refractivity contribution in [2.75, 3.05) is 0 Å². The van der Waals surface area contributed by atoms with Crippen LogP contribution in [-0.4, -0.2) is 23.2 Å². The smallest absolute Gasteiger partial charge is 0.321 e. The van der Waals surface area contributed by atoms with Gasteiger partial charge in [-0.1, -0.05) is 68.2 Å². The van der Waals surface area contributed by atoms with Crippen LogP contribution in [0.2, 0.25) is 10.0 Å². The van der Waals surface area contributed by atoms with Crippen molar-refractivity contribution in [2.45, 2.75) is 50.7 Å². The molecule has 0 radical (unpaired) electrons. The molecule has 156 valence electrons. The molecule has 4 atom stereocenters. The van der Waals surface area contributed by atoms with E-state index < -0.39 is 35.3 Å². The number of halogens is 3. The summed E-state index contributed by atoms with van der Waals surface area (Å²) in [7, 11) is 0. The first-order valence-corrected chi connectivity index (χ1v) is 10.2. The van der Waals surface area contributed by atoms with Gasteiger partial charge in [0.2, 0.25) is 0 Å². The lowest BCUT2D eigenvalue weighted by Gasteiger charge is -2.39. The Morgan fingerprint density at radius 3 is 2.38 bits per heavy atom. The molecule has 1 aliphatic heterocycles. The normalized spacial score (nSPS) is 27.2. The average molecular weight is 439 g/mol. The molecule has 4 N–H and O–H groups in total. The maximum absolute atomic E-state index is 15.0. The van der Waals surface area contributed by atoms with Crippen molar-refractivity contribution in [2.24, 2.45) is 11.1 Å². The number of nitrogens with one attached hydrogen (secondary N) is 1. The third-order valence-corrected chi connectivity index (χ3v) is 6.09. The standard InChI is InChI=1S/C22H25Cl2FN2O2/c1-21(2,3)11-16-22(26,12-7-9-13(23)10-8-12)17(19(27-16)20(28)29)14-5-4-6-15(24)18(14)25/h4-10,16-17,19,27H,11,26H2,1-3H3,(H,28,29). The summed E-state index contributed by atoms with van der Waals surface area (Å²) in [5, 5.41) is 13.6. The average Bonchev–Trinajstić information content (AvgIpc) is 2.90. The number of carboxylic acid groups (broad SMARTS) is 1. The predicted octanol–water partition coefficient (Wildman–Crippen LogP) is 4.93. The number of carboxylic acids is 1. The Morgan fingerprint density at radius 2 is 1.83 bits per heavy atom. The fourth-order valence-electron chi connectivity index (χ4n) is 4.31. The van der Waals surface area contributed by atoms with Gasteiger partial charge in [-0.3, -0.25) is 10.1 Å². The van der Waals surface area contributed by atoms with Crippen LogP contribution < -0.4 is 11.1 Å². The first-order chi connectivity index (χ1) is 13.4. The molecule has 7 heteroatoms. The number of hydrogen-bond acceptors (Lipinski definition) is 3. The Labute approximate surface area is 180 Å². The topological polar surface area (TPSA) is 75.3 Å². The van der Waals surface area contributed by atoms with Gasteiger partial charge in [-0.25, -0.2) is 4.39 Å². The van der Waals surface area contributed by atoms with Gasteiger partial charge in [-0.2, -0.15) is 0 Å². The van der Waals surface area contributed by atoms with Gasteiger partial charge in [0.25, 0.3) is 0 Å². The highest BCUT2D eigenvalue weighted by Crippen LogP contribution is 2.49. The Hall–Kier alpha value is -1.66. The van der Waals surface area contributed by atoms with E-state index >= 15 is 4.39 Å². The third-order valence-electron chi connectivity index (χ3n) is 5.55. The third kappa shape index (κ3) is 4.15. The number of hydrogen-bond donors (Lipinski definition) is 3. The molecule has 2 aromatic rings. The lowest BCUT2D eigenvalue weighted by molar-refractivity contribution is -0.139. The van der Waals surface area contributed by atoms with Gasteiger partial charge in [0.05, 0.1) is 10.6 Å². The van der Waals surface area contributed by atoms with E-state index in [1.165, 1.54) is 6.07 Å². The van der Waals surface area contributed by atoms with Crippen LogP contribution in [0.1, 0.15) is 44.2 Å². The molecular weight excluding hydrogens is 414 g/mol. The summed E-state index contributed by atoms with van der Waals surface area (Å²) in [6.07, 6.45) is 0.592. The summed E-state index contributed by atoms with van der Waals surface area (Å²) >= 11 is 12.1. The molecule has 1 aliphatic rings. The second kappa shape index (κ2) is 7.88. The summed E-state index contributed by atoms with van der Waals surface area (Å²) in [4.78, 5) is 12.2. The van der Waals surface area contributed by atoms with Crippen LogP contribution in [0.25, 0.3) is 0 Å². The zero-order valence-electron chi connectivity index (χ0n) is 16.5. The van der Waals surface area contributed by atoms with Crippen LogP contribution in [0, 0.1) is 11.2 Å². The predicted molar refractivity (Wildman–Crippen MR) is 114 cm³/mol. The maximum atomic E-state index is 15.0. The lowest BCUT2D eigenvalue weighted by Crippen LogP contribution is -2.52. The molecular formula is C22H25Cl2FN2O2. The largest absolute Gasteiger partial charge is 0.480 e. The first-order valence-electron chi connectivity index (χ1n) is 9.43. The van der Waals surface area contributed by atoms with Crippen molar-refractivity contribution in [3.05, 3.63) is 69.5 Å². The van der Waals surface area contributed by atoms with Gasteiger partial charge < -0.3 is 10.8 Å². The molecule has 0 spiro atoms. The van der Waals surface area contributed by atoms with E-state index in [2.05, 4.69) is 26.1 Å². The summed E-state index contributed by atoms with van der Waals surface area (Å²) in [5.74, 6) is -2.60. The molecule has 0 aromatic heterocycles. The van der Waals surface area contributed by atoms with Crippen molar-refractivity contribution in [1.82, 2.24) is 5.32 Å². The summed E-state index contributed by atoms with van der Waals surface area (Å²) in [6, 6.07) is 10.1. The van der Waals surface area contributed by atoms with E-state index in [0.29, 0.717) is 17.0 Å². The molecule has 2 aromatic carbocycles. The minimum absolute atomic E-state index is 0.0654. The van der Waals surface area contributed by atoms with Crippen LogP contribution in [0.5, 0.6) is 0 Å². The molecule has 1 saturated heterocycles. The van der Waals surface area contributed by atoms with Crippen molar-refractivity contribution < 1.29 is 14.3 Å². The molecule has 29 heavy (non-hydrogen) atoms. The highest BCUT2D eigenvalue weighted by atomic mass is 35.5. The zero-order chi connectivity index (χ0) is 21.6. The van der Waals surface area contributed by atoms with Gasteiger partial charge in [0, 0.05) is 17.0 Å². The van der Waals surface area contributed by atoms with Crippen LogP contribution in [0.15, 0.2) is 42.5 Å². The zero-order valence-corrected chi connectivity index (χ0v) is 18.1. The second-order valence-electron chi connectivity index (χ2n) is 8.86. The highest BCUT2D eigenvalue weighted by molar-refractivity contribution is 6.31. The van der Waals surface area contributed by atoms with Crippen molar-refractivity contribution in [1.29, 1.82) is 0 Å². The number of carbonyl (C=O) groups is 1. The molecule has 4 nitrogen and oxygen atoms in total. The fourth-order valence-corrected chi connectivity index (χ4v) is 4.62. The molecule has 0 saturated carbocycles. The van der Waals surface area contributed by atoms with E-state index in [0.717, 1.165) is 0 Å². The molecule has 0 aliphatic carbocycles.